The summed E-state index contributed by atoms with van der Waals surface area (Å²) in [6.45, 7) is 3.45. The molecule has 0 aromatic carbocycles. The van der Waals surface area contributed by atoms with Crippen molar-refractivity contribution in [3.63, 3.8) is 0 Å². The number of ether oxygens (including phenoxy) is 2. The zero-order valence-electron chi connectivity index (χ0n) is 11.0. The first-order valence-electron chi connectivity index (χ1n) is 5.73. The topological polar surface area (TPSA) is 64.8 Å². The van der Waals surface area contributed by atoms with E-state index in [0.717, 1.165) is 0 Å². The lowest BCUT2D eigenvalue weighted by atomic mass is 10.2. The Morgan fingerprint density at radius 2 is 2.22 bits per heavy atom. The molecule has 0 radical (unpaired) electrons. The average molecular weight is 272 g/mol. The molecular weight excluding hydrogens is 252 g/mol. The van der Waals surface area contributed by atoms with E-state index >= 15 is 0 Å². The van der Waals surface area contributed by atoms with E-state index in [9.17, 15) is 4.79 Å². The Hall–Kier alpha value is -1.11. The van der Waals surface area contributed by atoms with E-state index in [1.54, 1.807) is 25.2 Å². The largest absolute Gasteiger partial charge is 0.397 e. The van der Waals surface area contributed by atoms with Gasteiger partial charge in [-0.1, -0.05) is 0 Å². The number of rotatable bonds is 7. The van der Waals surface area contributed by atoms with Crippen LogP contribution >= 0.6 is 11.3 Å². The summed E-state index contributed by atoms with van der Waals surface area (Å²) in [7, 11) is 3.23. The number of hydrogen-bond donors (Lipinski definition) is 1. The summed E-state index contributed by atoms with van der Waals surface area (Å²) in [5.41, 5.74) is 6.31. The average Bonchev–Trinajstić information content (AvgIpc) is 2.76. The van der Waals surface area contributed by atoms with Gasteiger partial charge < -0.3 is 20.1 Å². The molecule has 0 spiro atoms. The number of hydrogen-bond acceptors (Lipinski definition) is 5. The van der Waals surface area contributed by atoms with Gasteiger partial charge in [-0.25, -0.2) is 0 Å². The standard InChI is InChI=1S/C12H20N2O3S/c1-9(8-17-3)14(5-6-16-2)12(15)11-10(13)4-7-18-11/h4,7,9H,5-6,8,13H2,1-3H3. The monoisotopic (exact) mass is 272 g/mol. The van der Waals surface area contributed by atoms with Crippen LogP contribution in [0.15, 0.2) is 11.4 Å². The molecule has 1 rings (SSSR count). The highest BCUT2D eigenvalue weighted by Crippen LogP contribution is 2.21. The van der Waals surface area contributed by atoms with Crippen LogP contribution < -0.4 is 5.73 Å². The minimum absolute atomic E-state index is 0.0147. The lowest BCUT2D eigenvalue weighted by molar-refractivity contribution is 0.0484. The molecule has 1 amide bonds. The molecule has 18 heavy (non-hydrogen) atoms. The van der Waals surface area contributed by atoms with Crippen molar-refractivity contribution in [2.45, 2.75) is 13.0 Å². The van der Waals surface area contributed by atoms with Crippen molar-refractivity contribution in [3.8, 4) is 0 Å². The van der Waals surface area contributed by atoms with Gasteiger partial charge in [0, 0.05) is 20.8 Å². The zero-order chi connectivity index (χ0) is 13.5. The number of thiophene rings is 1. The highest BCUT2D eigenvalue weighted by Gasteiger charge is 2.23. The van der Waals surface area contributed by atoms with E-state index in [-0.39, 0.29) is 11.9 Å². The molecule has 1 heterocycles. The van der Waals surface area contributed by atoms with Gasteiger partial charge in [-0.2, -0.15) is 0 Å². The number of anilines is 1. The summed E-state index contributed by atoms with van der Waals surface area (Å²) >= 11 is 1.36. The van der Waals surface area contributed by atoms with E-state index < -0.39 is 0 Å². The molecule has 1 aromatic heterocycles. The van der Waals surface area contributed by atoms with Crippen LogP contribution in [0.2, 0.25) is 0 Å². The summed E-state index contributed by atoms with van der Waals surface area (Å²) in [5, 5.41) is 1.82. The second kappa shape index (κ2) is 7.35. The van der Waals surface area contributed by atoms with E-state index in [4.69, 9.17) is 15.2 Å². The maximum absolute atomic E-state index is 12.4. The lowest BCUT2D eigenvalue weighted by Crippen LogP contribution is -2.42. The first-order valence-corrected chi connectivity index (χ1v) is 6.61. The first-order chi connectivity index (χ1) is 8.61. The molecular formula is C12H20N2O3S. The third-order valence-electron chi connectivity index (χ3n) is 2.63. The number of nitrogens with two attached hydrogens (primary N) is 1. The molecule has 0 bridgehead atoms. The van der Waals surface area contributed by atoms with Crippen molar-refractivity contribution in [2.75, 3.05) is 39.7 Å². The van der Waals surface area contributed by atoms with Crippen molar-refractivity contribution in [1.82, 2.24) is 4.90 Å². The van der Waals surface area contributed by atoms with Gasteiger partial charge >= 0.3 is 0 Å². The predicted molar refractivity (Wildman–Crippen MR) is 73.0 cm³/mol. The van der Waals surface area contributed by atoms with Crippen molar-refractivity contribution in [2.24, 2.45) is 0 Å². The van der Waals surface area contributed by atoms with E-state index in [1.807, 2.05) is 12.3 Å². The highest BCUT2D eigenvalue weighted by atomic mass is 32.1. The Morgan fingerprint density at radius 3 is 2.72 bits per heavy atom. The first kappa shape index (κ1) is 14.9. The molecule has 0 aliphatic heterocycles. The Bertz CT molecular complexity index is 381. The van der Waals surface area contributed by atoms with Crippen LogP contribution in [-0.4, -0.2) is 50.8 Å². The van der Waals surface area contributed by atoms with Gasteiger partial charge in [0.1, 0.15) is 4.88 Å². The zero-order valence-corrected chi connectivity index (χ0v) is 11.8. The third kappa shape index (κ3) is 3.69. The number of methoxy groups -OCH3 is 2. The van der Waals surface area contributed by atoms with E-state index in [1.165, 1.54) is 11.3 Å². The van der Waals surface area contributed by atoms with Crippen molar-refractivity contribution >= 4 is 22.9 Å². The molecule has 1 unspecified atom stereocenters. The summed E-state index contributed by atoms with van der Waals surface area (Å²) < 4.78 is 10.1. The second-order valence-corrected chi connectivity index (χ2v) is 4.92. The van der Waals surface area contributed by atoms with Crippen LogP contribution in [0.4, 0.5) is 5.69 Å². The third-order valence-corrected chi connectivity index (χ3v) is 3.55. The van der Waals surface area contributed by atoms with E-state index in [0.29, 0.717) is 30.3 Å². The van der Waals surface area contributed by atoms with Crippen LogP contribution in [0, 0.1) is 0 Å². The molecule has 1 atom stereocenters. The maximum atomic E-state index is 12.4. The SMILES string of the molecule is COCCN(C(=O)c1sccc1N)C(C)COC. The van der Waals surface area contributed by atoms with Crippen LogP contribution in [0.5, 0.6) is 0 Å². The van der Waals surface area contributed by atoms with Crippen LogP contribution in [-0.2, 0) is 9.47 Å². The van der Waals surface area contributed by atoms with Crippen LogP contribution in [0.25, 0.3) is 0 Å². The van der Waals surface area contributed by atoms with Crippen LogP contribution in [0.1, 0.15) is 16.6 Å². The number of nitrogens with zero attached hydrogens (tertiary/aromatic N) is 1. The number of amides is 1. The smallest absolute Gasteiger partial charge is 0.266 e. The van der Waals surface area contributed by atoms with Crippen molar-refractivity contribution in [3.05, 3.63) is 16.3 Å². The fraction of sp³-hybridized carbons (Fsp3) is 0.583. The molecule has 1 aromatic rings. The summed E-state index contributed by atoms with van der Waals surface area (Å²) in [6, 6.07) is 1.73. The quantitative estimate of drug-likeness (QED) is 0.816. The van der Waals surface area contributed by atoms with Crippen molar-refractivity contribution < 1.29 is 14.3 Å². The Morgan fingerprint density at radius 1 is 1.50 bits per heavy atom. The van der Waals surface area contributed by atoms with E-state index in [2.05, 4.69) is 0 Å². The summed E-state index contributed by atoms with van der Waals surface area (Å²) in [4.78, 5) is 14.7. The number of nitrogen functional groups attached to an aromatic ring is 1. The molecule has 102 valence electrons. The normalized spacial score (nSPS) is 12.4. The van der Waals surface area contributed by atoms with Crippen molar-refractivity contribution in [1.29, 1.82) is 0 Å². The predicted octanol–water partition coefficient (Wildman–Crippen LogP) is 1.45. The molecule has 0 aliphatic rings. The van der Waals surface area contributed by atoms with Gasteiger partial charge in [0.2, 0.25) is 0 Å². The highest BCUT2D eigenvalue weighted by molar-refractivity contribution is 7.12. The van der Waals surface area contributed by atoms with Crippen LogP contribution in [0.3, 0.4) is 0 Å². The summed E-state index contributed by atoms with van der Waals surface area (Å²) in [6.07, 6.45) is 0. The molecule has 0 aliphatic carbocycles. The fourth-order valence-electron chi connectivity index (χ4n) is 1.67. The lowest BCUT2D eigenvalue weighted by Gasteiger charge is -2.28. The molecule has 0 saturated heterocycles. The molecule has 0 fully saturated rings. The van der Waals surface area contributed by atoms with Gasteiger partial charge in [0.15, 0.2) is 0 Å². The van der Waals surface area contributed by atoms with Gasteiger partial charge in [-0.15, -0.1) is 11.3 Å². The summed E-state index contributed by atoms with van der Waals surface area (Å²) in [5.74, 6) is -0.0656. The van der Waals surface area contributed by atoms with Gasteiger partial charge in [-0.05, 0) is 18.4 Å². The number of carbonyl (C=O) groups excluding carboxylic acids is 1. The van der Waals surface area contributed by atoms with Gasteiger partial charge in [0.05, 0.1) is 24.9 Å². The Balaban J connectivity index is 2.81. The molecule has 6 heteroatoms. The second-order valence-electron chi connectivity index (χ2n) is 4.00. The molecule has 5 nitrogen and oxygen atoms in total. The maximum Gasteiger partial charge on any atom is 0.266 e. The van der Waals surface area contributed by atoms with Gasteiger partial charge in [0.25, 0.3) is 5.91 Å². The molecule has 2 N–H and O–H groups in total. The fourth-order valence-corrected chi connectivity index (χ4v) is 2.44. The minimum atomic E-state index is -0.0656. The minimum Gasteiger partial charge on any atom is -0.397 e. The Kier molecular flexibility index (Phi) is 6.11. The molecule has 0 saturated carbocycles. The van der Waals surface area contributed by atoms with Gasteiger partial charge in [-0.3, -0.25) is 4.79 Å². The Labute approximate surface area is 111 Å². The number of carbonyl (C=O) groups is 1.